The molecule has 1 aromatic heterocycles. The highest BCUT2D eigenvalue weighted by atomic mass is 14.7. The third kappa shape index (κ3) is 4.22. The zero-order valence-corrected chi connectivity index (χ0v) is 27.5. The summed E-state index contributed by atoms with van der Waals surface area (Å²) in [4.78, 5) is 4.57. The molecule has 1 aliphatic rings. The molecule has 0 radical (unpaired) electrons. The molecule has 0 amide bonds. The van der Waals surface area contributed by atoms with Gasteiger partial charge >= 0.3 is 0 Å². The second-order valence-corrected chi connectivity index (χ2v) is 14.0. The van der Waals surface area contributed by atoms with Crippen molar-refractivity contribution in [1.82, 2.24) is 4.98 Å². The smallest absolute Gasteiger partial charge is 0.0701 e. The van der Waals surface area contributed by atoms with Crippen LogP contribution in [0, 0.1) is 0 Å². The molecule has 230 valence electrons. The fraction of sp³-hybridized carbons (Fsp3) is 0.0625. The van der Waals surface area contributed by atoms with E-state index < -0.39 is 0 Å². The molecule has 0 N–H and O–H groups in total. The van der Waals surface area contributed by atoms with Gasteiger partial charge in [0, 0.05) is 17.2 Å². The first-order chi connectivity index (χ1) is 24.0. The SMILES string of the molecule is CC1(C)c2ccccc2-c2ccc(-c3ccc(-c4cc(-c5ccc(-c6ccccn6)cc5)c5ccc6cccc7ccc4c5c76)cc3)cc21. The number of benzene rings is 8. The van der Waals surface area contributed by atoms with Crippen molar-refractivity contribution in [3.63, 3.8) is 0 Å². The summed E-state index contributed by atoms with van der Waals surface area (Å²) in [7, 11) is 0. The van der Waals surface area contributed by atoms with Gasteiger partial charge in [0.1, 0.15) is 0 Å². The van der Waals surface area contributed by atoms with Gasteiger partial charge in [-0.05, 0) is 112 Å². The van der Waals surface area contributed by atoms with Crippen LogP contribution in [0.3, 0.4) is 0 Å². The summed E-state index contributed by atoms with van der Waals surface area (Å²) in [5.41, 5.74) is 15.1. The first-order valence-electron chi connectivity index (χ1n) is 17.1. The molecule has 49 heavy (non-hydrogen) atoms. The van der Waals surface area contributed by atoms with Crippen molar-refractivity contribution >= 4 is 32.3 Å². The Morgan fingerprint density at radius 3 is 1.65 bits per heavy atom. The molecule has 1 aliphatic carbocycles. The Morgan fingerprint density at radius 1 is 0.388 bits per heavy atom. The van der Waals surface area contributed by atoms with Gasteiger partial charge in [0.25, 0.3) is 0 Å². The minimum Gasteiger partial charge on any atom is -0.256 e. The molecule has 0 spiro atoms. The summed E-state index contributed by atoms with van der Waals surface area (Å²) in [5, 5.41) is 7.80. The van der Waals surface area contributed by atoms with Crippen LogP contribution < -0.4 is 0 Å². The average molecular weight is 624 g/mol. The van der Waals surface area contributed by atoms with E-state index in [1.807, 2.05) is 18.3 Å². The van der Waals surface area contributed by atoms with E-state index in [4.69, 9.17) is 0 Å². The molecule has 0 aliphatic heterocycles. The number of nitrogens with zero attached hydrogens (tertiary/aromatic N) is 1. The minimum atomic E-state index is -0.0180. The van der Waals surface area contributed by atoms with E-state index in [1.54, 1.807) is 0 Å². The van der Waals surface area contributed by atoms with Crippen LogP contribution in [0.4, 0.5) is 0 Å². The van der Waals surface area contributed by atoms with Gasteiger partial charge in [0.15, 0.2) is 0 Å². The summed E-state index contributed by atoms with van der Waals surface area (Å²) in [6, 6.07) is 58.3. The number of aromatic nitrogens is 1. The molecule has 0 unspecified atom stereocenters. The summed E-state index contributed by atoms with van der Waals surface area (Å²) in [5.74, 6) is 0. The van der Waals surface area contributed by atoms with Gasteiger partial charge in [0.05, 0.1) is 5.69 Å². The van der Waals surface area contributed by atoms with Gasteiger partial charge in [-0.2, -0.15) is 0 Å². The molecule has 0 bridgehead atoms. The molecular formula is C48H33N. The molecule has 0 atom stereocenters. The van der Waals surface area contributed by atoms with Crippen molar-refractivity contribution in [3.05, 3.63) is 175 Å². The van der Waals surface area contributed by atoms with Gasteiger partial charge in [-0.3, -0.25) is 4.98 Å². The number of hydrogen-bond donors (Lipinski definition) is 0. The molecule has 1 nitrogen and oxygen atoms in total. The van der Waals surface area contributed by atoms with Crippen molar-refractivity contribution in [1.29, 1.82) is 0 Å². The van der Waals surface area contributed by atoms with Crippen molar-refractivity contribution in [2.75, 3.05) is 0 Å². The number of hydrogen-bond acceptors (Lipinski definition) is 1. The Hall–Kier alpha value is -6.05. The van der Waals surface area contributed by atoms with Crippen LogP contribution in [0.25, 0.3) is 88.1 Å². The Morgan fingerprint density at radius 2 is 0.980 bits per heavy atom. The predicted octanol–water partition coefficient (Wildman–Crippen LogP) is 13.0. The Bertz CT molecular complexity index is 2680. The fourth-order valence-corrected chi connectivity index (χ4v) is 8.39. The topological polar surface area (TPSA) is 12.9 Å². The minimum absolute atomic E-state index is 0.0180. The average Bonchev–Trinajstić information content (AvgIpc) is 3.39. The zero-order chi connectivity index (χ0) is 32.7. The van der Waals surface area contributed by atoms with Crippen LogP contribution in [0.5, 0.6) is 0 Å². The number of pyridine rings is 1. The van der Waals surface area contributed by atoms with Gasteiger partial charge < -0.3 is 0 Å². The van der Waals surface area contributed by atoms with Crippen LogP contribution in [-0.4, -0.2) is 4.98 Å². The van der Waals surface area contributed by atoms with Gasteiger partial charge in [-0.25, -0.2) is 0 Å². The second-order valence-electron chi connectivity index (χ2n) is 14.0. The molecular weight excluding hydrogens is 591 g/mol. The monoisotopic (exact) mass is 623 g/mol. The molecule has 8 aromatic carbocycles. The van der Waals surface area contributed by atoms with Crippen LogP contribution >= 0.6 is 0 Å². The lowest BCUT2D eigenvalue weighted by Gasteiger charge is -2.22. The van der Waals surface area contributed by atoms with Crippen molar-refractivity contribution < 1.29 is 0 Å². The van der Waals surface area contributed by atoms with Gasteiger partial charge in [-0.15, -0.1) is 0 Å². The third-order valence-corrected chi connectivity index (χ3v) is 10.9. The third-order valence-electron chi connectivity index (χ3n) is 10.9. The van der Waals surface area contributed by atoms with Gasteiger partial charge in [0.2, 0.25) is 0 Å². The van der Waals surface area contributed by atoms with E-state index >= 15 is 0 Å². The van der Waals surface area contributed by atoms with E-state index in [0.29, 0.717) is 0 Å². The summed E-state index contributed by atoms with van der Waals surface area (Å²) < 4.78 is 0. The normalized spacial score (nSPS) is 13.3. The van der Waals surface area contributed by atoms with Crippen LogP contribution in [0.1, 0.15) is 25.0 Å². The molecule has 0 fully saturated rings. The first kappa shape index (κ1) is 28.0. The standard InChI is InChI=1S/C48H33N/c1-48(2)43-11-4-3-10-37(43)38-24-23-36(28-44(38)48)30-13-15-31(16-14-30)41-29-42(32-17-19-33(20-18-32)45-12-5-6-27-49-45)40-26-22-35-9-7-8-34-21-25-39(41)47(40)46(34)35/h3-29H,1-2H3. The maximum atomic E-state index is 4.57. The summed E-state index contributed by atoms with van der Waals surface area (Å²) >= 11 is 0. The quantitative estimate of drug-likeness (QED) is 0.178. The fourth-order valence-electron chi connectivity index (χ4n) is 8.39. The largest absolute Gasteiger partial charge is 0.256 e. The van der Waals surface area contributed by atoms with E-state index in [-0.39, 0.29) is 5.41 Å². The highest BCUT2D eigenvalue weighted by molar-refractivity contribution is 6.28. The van der Waals surface area contributed by atoms with E-state index in [1.165, 1.54) is 88.0 Å². The van der Waals surface area contributed by atoms with E-state index in [9.17, 15) is 0 Å². The maximum absolute atomic E-state index is 4.57. The van der Waals surface area contributed by atoms with Crippen molar-refractivity contribution in [2.24, 2.45) is 0 Å². The highest BCUT2D eigenvalue weighted by Gasteiger charge is 2.35. The van der Waals surface area contributed by atoms with Crippen LogP contribution in [0.15, 0.2) is 164 Å². The van der Waals surface area contributed by atoms with E-state index in [2.05, 4.69) is 164 Å². The molecule has 10 rings (SSSR count). The lowest BCUT2D eigenvalue weighted by Crippen LogP contribution is -2.14. The molecule has 0 saturated heterocycles. The van der Waals surface area contributed by atoms with Crippen LogP contribution in [0.2, 0.25) is 0 Å². The van der Waals surface area contributed by atoms with Crippen molar-refractivity contribution in [3.8, 4) is 55.8 Å². The first-order valence-corrected chi connectivity index (χ1v) is 17.1. The summed E-state index contributed by atoms with van der Waals surface area (Å²) in [6.07, 6.45) is 1.85. The number of fused-ring (bicyclic) bond motifs is 3. The van der Waals surface area contributed by atoms with Crippen LogP contribution in [-0.2, 0) is 5.41 Å². The Balaban J connectivity index is 1.12. The zero-order valence-electron chi connectivity index (χ0n) is 27.5. The Labute approximate surface area is 286 Å². The molecule has 1 heteroatoms. The highest BCUT2D eigenvalue weighted by Crippen LogP contribution is 2.50. The maximum Gasteiger partial charge on any atom is 0.0701 e. The summed E-state index contributed by atoms with van der Waals surface area (Å²) in [6.45, 7) is 4.70. The predicted molar refractivity (Wildman–Crippen MR) is 207 cm³/mol. The lowest BCUT2D eigenvalue weighted by molar-refractivity contribution is 0.660. The van der Waals surface area contributed by atoms with Gasteiger partial charge in [-0.1, -0.05) is 147 Å². The number of rotatable bonds is 4. The van der Waals surface area contributed by atoms with Crippen molar-refractivity contribution in [2.45, 2.75) is 19.3 Å². The molecule has 0 saturated carbocycles. The second kappa shape index (κ2) is 10.5. The van der Waals surface area contributed by atoms with E-state index in [0.717, 1.165) is 11.3 Å². The Kier molecular flexibility index (Phi) is 5.99. The lowest BCUT2D eigenvalue weighted by atomic mass is 9.81. The molecule has 1 heterocycles. The molecule has 9 aromatic rings.